The normalized spacial score (nSPS) is 11.8. The number of esters is 1. The van der Waals surface area contributed by atoms with Crippen LogP contribution in [0.4, 0.5) is 0 Å². The van der Waals surface area contributed by atoms with Gasteiger partial charge < -0.3 is 9.47 Å². The van der Waals surface area contributed by atoms with Gasteiger partial charge in [-0.15, -0.1) is 0 Å². The molecule has 0 radical (unpaired) electrons. The van der Waals surface area contributed by atoms with E-state index in [4.69, 9.17) is 21.1 Å². The van der Waals surface area contributed by atoms with Crippen LogP contribution in [-0.4, -0.2) is 12.6 Å². The number of halogens is 2. The average Bonchev–Trinajstić information content (AvgIpc) is 2.56. The third kappa shape index (κ3) is 4.55. The lowest BCUT2D eigenvalue weighted by molar-refractivity contribution is -0.137. The molecule has 0 spiro atoms. The van der Waals surface area contributed by atoms with Crippen LogP contribution in [0.5, 0.6) is 5.75 Å². The van der Waals surface area contributed by atoms with Gasteiger partial charge in [0.25, 0.3) is 0 Å². The third-order valence-corrected chi connectivity index (χ3v) is 5.05. The Bertz CT molecular complexity index is 807. The van der Waals surface area contributed by atoms with E-state index < -0.39 is 5.97 Å². The lowest BCUT2D eigenvalue weighted by Crippen LogP contribution is -2.08. The van der Waals surface area contributed by atoms with Crippen LogP contribution in [0.1, 0.15) is 25.0 Å². The SMILES string of the molecule is CCOC(=O)C(Cl)=C(C)Oc1cccc(C)c1-c1c(C)cccc1I. The molecule has 3 nitrogen and oxygen atoms in total. The van der Waals surface area contributed by atoms with E-state index in [9.17, 15) is 4.79 Å². The minimum atomic E-state index is -0.582. The molecule has 132 valence electrons. The summed E-state index contributed by atoms with van der Waals surface area (Å²) >= 11 is 8.41. The van der Waals surface area contributed by atoms with Gasteiger partial charge in [-0.3, -0.25) is 0 Å². The van der Waals surface area contributed by atoms with Crippen molar-refractivity contribution >= 4 is 40.2 Å². The van der Waals surface area contributed by atoms with Crippen LogP contribution in [-0.2, 0) is 9.53 Å². The summed E-state index contributed by atoms with van der Waals surface area (Å²) in [4.78, 5) is 11.8. The fourth-order valence-corrected chi connectivity index (χ4v) is 3.54. The van der Waals surface area contributed by atoms with Crippen LogP contribution in [0.2, 0.25) is 0 Å². The molecule has 0 atom stereocenters. The Morgan fingerprint density at radius 2 is 1.68 bits per heavy atom. The van der Waals surface area contributed by atoms with Crippen molar-refractivity contribution in [2.24, 2.45) is 0 Å². The first kappa shape index (κ1) is 19.8. The highest BCUT2D eigenvalue weighted by Crippen LogP contribution is 2.39. The zero-order valence-electron chi connectivity index (χ0n) is 14.7. The fourth-order valence-electron chi connectivity index (χ4n) is 2.54. The molecule has 0 amide bonds. The standard InChI is InChI=1S/C20H20ClIO3/c1-5-24-20(23)19(21)14(4)25-16-11-7-9-13(3)18(16)17-12(2)8-6-10-15(17)22/h6-11H,5H2,1-4H3. The highest BCUT2D eigenvalue weighted by Gasteiger charge is 2.18. The summed E-state index contributed by atoms with van der Waals surface area (Å²) in [6.07, 6.45) is 0. The van der Waals surface area contributed by atoms with Crippen molar-refractivity contribution in [2.45, 2.75) is 27.7 Å². The van der Waals surface area contributed by atoms with Crippen molar-refractivity contribution in [1.82, 2.24) is 0 Å². The summed E-state index contributed by atoms with van der Waals surface area (Å²) in [5.74, 6) is 0.393. The van der Waals surface area contributed by atoms with E-state index >= 15 is 0 Å². The minimum Gasteiger partial charge on any atom is -0.462 e. The zero-order valence-corrected chi connectivity index (χ0v) is 17.6. The highest BCUT2D eigenvalue weighted by molar-refractivity contribution is 14.1. The summed E-state index contributed by atoms with van der Waals surface area (Å²) < 4.78 is 12.0. The lowest BCUT2D eigenvalue weighted by Gasteiger charge is -2.17. The average molecular weight is 471 g/mol. The number of rotatable bonds is 5. The molecule has 2 rings (SSSR count). The molecule has 0 aromatic heterocycles. The number of ether oxygens (including phenoxy) is 2. The molecule has 0 saturated heterocycles. The Balaban J connectivity index is 2.53. The van der Waals surface area contributed by atoms with Gasteiger partial charge in [0.1, 0.15) is 11.5 Å². The molecule has 0 heterocycles. The van der Waals surface area contributed by atoms with Crippen molar-refractivity contribution in [3.63, 3.8) is 0 Å². The second-order valence-corrected chi connectivity index (χ2v) is 7.11. The molecule has 0 aliphatic heterocycles. The summed E-state index contributed by atoms with van der Waals surface area (Å²) in [7, 11) is 0. The molecule has 2 aromatic carbocycles. The Kier molecular flexibility index (Phi) is 6.90. The largest absolute Gasteiger partial charge is 0.462 e. The fraction of sp³-hybridized carbons (Fsp3) is 0.250. The van der Waals surface area contributed by atoms with E-state index in [1.807, 2.05) is 31.2 Å². The van der Waals surface area contributed by atoms with E-state index in [2.05, 4.69) is 41.6 Å². The number of benzene rings is 2. The van der Waals surface area contributed by atoms with Crippen molar-refractivity contribution in [3.8, 4) is 16.9 Å². The predicted octanol–water partition coefficient (Wildman–Crippen LogP) is 5.99. The van der Waals surface area contributed by atoms with Crippen LogP contribution in [0, 0.1) is 17.4 Å². The molecular weight excluding hydrogens is 451 g/mol. The topological polar surface area (TPSA) is 35.5 Å². The highest BCUT2D eigenvalue weighted by atomic mass is 127. The summed E-state index contributed by atoms with van der Waals surface area (Å²) in [6.45, 7) is 7.77. The second kappa shape index (κ2) is 8.72. The molecule has 0 aliphatic rings. The molecule has 0 bridgehead atoms. The Morgan fingerprint density at radius 1 is 1.08 bits per heavy atom. The van der Waals surface area contributed by atoms with Gasteiger partial charge in [-0.1, -0.05) is 35.9 Å². The predicted molar refractivity (Wildman–Crippen MR) is 110 cm³/mol. The van der Waals surface area contributed by atoms with Crippen LogP contribution in [0.25, 0.3) is 11.1 Å². The minimum absolute atomic E-state index is 0.0474. The van der Waals surface area contributed by atoms with Crippen LogP contribution < -0.4 is 4.74 Å². The number of hydrogen-bond donors (Lipinski definition) is 0. The molecule has 2 aromatic rings. The zero-order chi connectivity index (χ0) is 18.6. The molecule has 0 fully saturated rings. The maximum Gasteiger partial charge on any atom is 0.353 e. The first-order chi connectivity index (χ1) is 11.9. The van der Waals surface area contributed by atoms with Crippen molar-refractivity contribution in [3.05, 3.63) is 61.9 Å². The number of hydrogen-bond acceptors (Lipinski definition) is 3. The maximum absolute atomic E-state index is 11.8. The number of carbonyl (C=O) groups excluding carboxylic acids is 1. The maximum atomic E-state index is 11.8. The monoisotopic (exact) mass is 470 g/mol. The van der Waals surface area contributed by atoms with E-state index in [-0.39, 0.29) is 11.6 Å². The summed E-state index contributed by atoms with van der Waals surface area (Å²) in [5.41, 5.74) is 4.36. The number of carbonyl (C=O) groups is 1. The van der Waals surface area contributed by atoms with Gasteiger partial charge in [0, 0.05) is 14.7 Å². The molecule has 0 N–H and O–H groups in total. The Hall–Kier alpha value is -1.53. The number of aryl methyl sites for hydroxylation is 2. The molecule has 5 heteroatoms. The van der Waals surface area contributed by atoms with E-state index in [0.29, 0.717) is 11.5 Å². The summed E-state index contributed by atoms with van der Waals surface area (Å²) in [6, 6.07) is 12.0. The van der Waals surface area contributed by atoms with E-state index in [1.54, 1.807) is 13.8 Å². The second-order valence-electron chi connectivity index (χ2n) is 5.57. The third-order valence-electron chi connectivity index (χ3n) is 3.73. The van der Waals surface area contributed by atoms with Crippen LogP contribution >= 0.6 is 34.2 Å². The van der Waals surface area contributed by atoms with Crippen LogP contribution in [0.3, 0.4) is 0 Å². The van der Waals surface area contributed by atoms with Crippen molar-refractivity contribution < 1.29 is 14.3 Å². The first-order valence-electron chi connectivity index (χ1n) is 7.93. The lowest BCUT2D eigenvalue weighted by atomic mass is 9.96. The molecule has 0 saturated carbocycles. The van der Waals surface area contributed by atoms with E-state index in [1.165, 1.54) is 0 Å². The van der Waals surface area contributed by atoms with Gasteiger partial charge in [-0.05, 0) is 73.5 Å². The van der Waals surface area contributed by atoms with Gasteiger partial charge in [-0.2, -0.15) is 0 Å². The van der Waals surface area contributed by atoms with Gasteiger partial charge in [-0.25, -0.2) is 4.79 Å². The van der Waals surface area contributed by atoms with E-state index in [0.717, 1.165) is 25.8 Å². The summed E-state index contributed by atoms with van der Waals surface area (Å²) in [5, 5.41) is -0.0474. The molecular formula is C20H20ClIO3. The molecule has 0 unspecified atom stereocenters. The first-order valence-corrected chi connectivity index (χ1v) is 9.38. The molecule has 25 heavy (non-hydrogen) atoms. The van der Waals surface area contributed by atoms with Crippen LogP contribution in [0.15, 0.2) is 47.2 Å². The van der Waals surface area contributed by atoms with Crippen molar-refractivity contribution in [2.75, 3.05) is 6.61 Å². The van der Waals surface area contributed by atoms with Crippen molar-refractivity contribution in [1.29, 1.82) is 0 Å². The molecule has 0 aliphatic carbocycles. The van der Waals surface area contributed by atoms with Gasteiger partial charge in [0.15, 0.2) is 5.03 Å². The smallest absolute Gasteiger partial charge is 0.353 e. The van der Waals surface area contributed by atoms with Gasteiger partial charge >= 0.3 is 5.97 Å². The van der Waals surface area contributed by atoms with Gasteiger partial charge in [0.2, 0.25) is 0 Å². The van der Waals surface area contributed by atoms with Gasteiger partial charge in [0.05, 0.1) is 6.61 Å². The Labute approximate surface area is 167 Å². The number of allylic oxidation sites excluding steroid dienone is 1. The Morgan fingerprint density at radius 3 is 2.28 bits per heavy atom. The quantitative estimate of drug-likeness (QED) is 0.233.